The molecule has 0 aliphatic rings. The van der Waals surface area contributed by atoms with Gasteiger partial charge in [0.15, 0.2) is 0 Å². The van der Waals surface area contributed by atoms with E-state index >= 15 is 0 Å². The number of nitrogens with zero attached hydrogens (tertiary/aromatic N) is 1. The molecule has 0 aliphatic carbocycles. The Morgan fingerprint density at radius 1 is 1.36 bits per heavy atom. The Morgan fingerprint density at radius 3 is 2.64 bits per heavy atom. The smallest absolute Gasteiger partial charge is 0.336 e. The summed E-state index contributed by atoms with van der Waals surface area (Å²) < 4.78 is 36.8. The summed E-state index contributed by atoms with van der Waals surface area (Å²) in [6, 6.07) is 2.41. The van der Waals surface area contributed by atoms with Crippen LogP contribution in [-0.2, 0) is 6.18 Å². The first kappa shape index (κ1) is 9.11. The van der Waals surface area contributed by atoms with Crippen molar-refractivity contribution in [3.8, 4) is 0 Å². The molecule has 0 saturated carbocycles. The van der Waals surface area contributed by atoms with Crippen LogP contribution in [0.3, 0.4) is 0 Å². The molecule has 2 radical (unpaired) electrons. The molecule has 2 rings (SSSR count). The summed E-state index contributed by atoms with van der Waals surface area (Å²) in [6.07, 6.45) is -3.04. The van der Waals surface area contributed by atoms with Gasteiger partial charge in [-0.2, -0.15) is 13.2 Å². The quantitative estimate of drug-likeness (QED) is 0.633. The third-order valence-electron chi connectivity index (χ3n) is 1.87. The van der Waals surface area contributed by atoms with E-state index in [1.807, 2.05) is 0 Å². The molecule has 0 spiro atoms. The molecule has 0 atom stereocenters. The molecule has 70 valence electrons. The van der Waals surface area contributed by atoms with Crippen molar-refractivity contribution in [1.82, 2.24) is 9.97 Å². The summed E-state index contributed by atoms with van der Waals surface area (Å²) in [7, 11) is 5.49. The van der Waals surface area contributed by atoms with E-state index in [-0.39, 0.29) is 11.1 Å². The predicted molar refractivity (Wildman–Crippen MR) is 46.5 cm³/mol. The first-order chi connectivity index (χ1) is 6.48. The van der Waals surface area contributed by atoms with Crippen molar-refractivity contribution in [3.63, 3.8) is 0 Å². The van der Waals surface area contributed by atoms with E-state index in [1.165, 1.54) is 12.3 Å². The fourth-order valence-electron chi connectivity index (χ4n) is 1.20. The van der Waals surface area contributed by atoms with E-state index in [1.54, 1.807) is 0 Å². The van der Waals surface area contributed by atoms with Crippen LogP contribution in [0.2, 0.25) is 0 Å². The van der Waals surface area contributed by atoms with E-state index in [0.29, 0.717) is 5.39 Å². The van der Waals surface area contributed by atoms with Crippen LogP contribution in [0.15, 0.2) is 18.3 Å². The van der Waals surface area contributed by atoms with Crippen LogP contribution >= 0.6 is 0 Å². The number of halogens is 3. The average molecular weight is 196 g/mol. The maximum Gasteiger partial charge on any atom is 0.431 e. The summed E-state index contributed by atoms with van der Waals surface area (Å²) in [5.74, 6) is 0. The number of aromatic amines is 1. The summed E-state index contributed by atoms with van der Waals surface area (Å²) >= 11 is 0. The second kappa shape index (κ2) is 2.77. The zero-order valence-electron chi connectivity index (χ0n) is 6.89. The van der Waals surface area contributed by atoms with Gasteiger partial charge in [0, 0.05) is 11.6 Å². The summed E-state index contributed by atoms with van der Waals surface area (Å²) in [4.78, 5) is 5.90. The van der Waals surface area contributed by atoms with Gasteiger partial charge in [-0.05, 0) is 6.07 Å². The maximum atomic E-state index is 12.3. The van der Waals surface area contributed by atoms with Crippen molar-refractivity contribution in [2.45, 2.75) is 6.18 Å². The Labute approximate surface area is 78.6 Å². The van der Waals surface area contributed by atoms with Crippen molar-refractivity contribution in [2.24, 2.45) is 0 Å². The average Bonchev–Trinajstić information content (AvgIpc) is 2.48. The number of hydrogen-bond acceptors (Lipinski definition) is 1. The second-order valence-electron chi connectivity index (χ2n) is 2.84. The van der Waals surface area contributed by atoms with Crippen molar-refractivity contribution in [2.75, 3.05) is 0 Å². The Hall–Kier alpha value is -1.46. The zero-order chi connectivity index (χ0) is 10.3. The van der Waals surface area contributed by atoms with Gasteiger partial charge in [0.2, 0.25) is 0 Å². The Kier molecular flexibility index (Phi) is 1.80. The highest BCUT2D eigenvalue weighted by molar-refractivity contribution is 6.38. The third kappa shape index (κ3) is 1.36. The number of alkyl halides is 3. The molecule has 6 heteroatoms. The SMILES string of the molecule is [B]c1ccnc2[nH]c(C(F)(F)F)cc12. The standard InChI is InChI=1S/C8H4BF3N2/c9-5-1-2-13-7-4(5)3-6(14-7)8(10,11)12/h1-3H,(H,13,14). The molecule has 14 heavy (non-hydrogen) atoms. The number of pyridine rings is 1. The second-order valence-corrected chi connectivity index (χ2v) is 2.84. The third-order valence-corrected chi connectivity index (χ3v) is 1.87. The van der Waals surface area contributed by atoms with Crippen molar-refractivity contribution >= 4 is 24.3 Å². The zero-order valence-corrected chi connectivity index (χ0v) is 6.89. The largest absolute Gasteiger partial charge is 0.431 e. The lowest BCUT2D eigenvalue weighted by molar-refractivity contribution is -0.140. The number of fused-ring (bicyclic) bond motifs is 1. The Balaban J connectivity index is 2.69. The van der Waals surface area contributed by atoms with Gasteiger partial charge in [-0.3, -0.25) is 0 Å². The van der Waals surface area contributed by atoms with Crippen LogP contribution in [0.4, 0.5) is 13.2 Å². The fraction of sp³-hybridized carbons (Fsp3) is 0.125. The fourth-order valence-corrected chi connectivity index (χ4v) is 1.20. The van der Waals surface area contributed by atoms with Gasteiger partial charge in [-0.15, -0.1) is 0 Å². The maximum absolute atomic E-state index is 12.3. The molecule has 0 bridgehead atoms. The van der Waals surface area contributed by atoms with Crippen LogP contribution in [0, 0.1) is 0 Å². The van der Waals surface area contributed by atoms with E-state index in [0.717, 1.165) is 6.07 Å². The predicted octanol–water partition coefficient (Wildman–Crippen LogP) is 1.38. The highest BCUT2D eigenvalue weighted by Gasteiger charge is 2.32. The van der Waals surface area contributed by atoms with Crippen LogP contribution in [0.1, 0.15) is 5.69 Å². The molecule has 0 fully saturated rings. The molecular weight excluding hydrogens is 192 g/mol. The van der Waals surface area contributed by atoms with Crippen LogP contribution < -0.4 is 5.46 Å². The van der Waals surface area contributed by atoms with Crippen LogP contribution in [-0.4, -0.2) is 17.8 Å². The topological polar surface area (TPSA) is 28.7 Å². The van der Waals surface area contributed by atoms with E-state index in [2.05, 4.69) is 9.97 Å². The van der Waals surface area contributed by atoms with Gasteiger partial charge in [0.05, 0.1) is 0 Å². The number of rotatable bonds is 0. The van der Waals surface area contributed by atoms with Gasteiger partial charge < -0.3 is 4.98 Å². The Morgan fingerprint density at radius 2 is 2.07 bits per heavy atom. The van der Waals surface area contributed by atoms with Crippen molar-refractivity contribution < 1.29 is 13.2 Å². The lowest BCUT2D eigenvalue weighted by Gasteiger charge is -2.00. The molecule has 2 aromatic rings. The number of nitrogens with one attached hydrogen (secondary N) is 1. The molecule has 2 aromatic heterocycles. The molecule has 0 aromatic carbocycles. The Bertz CT molecular complexity index is 475. The van der Waals surface area contributed by atoms with E-state index in [9.17, 15) is 13.2 Å². The molecule has 0 aliphatic heterocycles. The summed E-state index contributed by atoms with van der Waals surface area (Å²) in [5.41, 5.74) is -0.406. The van der Waals surface area contributed by atoms with Crippen molar-refractivity contribution in [1.29, 1.82) is 0 Å². The minimum absolute atomic E-state index is 0.150. The van der Waals surface area contributed by atoms with Gasteiger partial charge in [-0.1, -0.05) is 11.5 Å². The molecule has 2 heterocycles. The number of hydrogen-bond donors (Lipinski definition) is 1. The molecular formula is C8H4BF3N2. The highest BCUT2D eigenvalue weighted by atomic mass is 19.4. The molecule has 0 amide bonds. The minimum atomic E-state index is -4.40. The first-order valence-corrected chi connectivity index (χ1v) is 3.79. The van der Waals surface area contributed by atoms with Gasteiger partial charge in [0.25, 0.3) is 0 Å². The molecule has 2 nitrogen and oxygen atoms in total. The summed E-state index contributed by atoms with van der Waals surface area (Å²) in [6.45, 7) is 0. The molecule has 1 N–H and O–H groups in total. The normalized spacial score (nSPS) is 12.2. The van der Waals surface area contributed by atoms with Gasteiger partial charge >= 0.3 is 6.18 Å². The molecule has 0 unspecified atom stereocenters. The van der Waals surface area contributed by atoms with Gasteiger partial charge in [-0.25, -0.2) is 4.98 Å². The minimum Gasteiger partial charge on any atom is -0.336 e. The number of aromatic nitrogens is 2. The van der Waals surface area contributed by atoms with Crippen LogP contribution in [0.5, 0.6) is 0 Å². The first-order valence-electron chi connectivity index (χ1n) is 3.79. The molecule has 0 saturated heterocycles. The van der Waals surface area contributed by atoms with E-state index < -0.39 is 11.9 Å². The monoisotopic (exact) mass is 196 g/mol. The number of H-pyrrole nitrogens is 1. The van der Waals surface area contributed by atoms with Gasteiger partial charge in [0.1, 0.15) is 19.2 Å². The van der Waals surface area contributed by atoms with Crippen molar-refractivity contribution in [3.05, 3.63) is 24.0 Å². The van der Waals surface area contributed by atoms with Crippen LogP contribution in [0.25, 0.3) is 11.0 Å². The lowest BCUT2D eigenvalue weighted by Crippen LogP contribution is -2.04. The van der Waals surface area contributed by atoms with E-state index in [4.69, 9.17) is 7.85 Å². The lowest BCUT2D eigenvalue weighted by atomic mass is 9.94. The summed E-state index contributed by atoms with van der Waals surface area (Å²) in [5, 5.41) is 0.292. The highest BCUT2D eigenvalue weighted by Crippen LogP contribution is 2.29.